The Labute approximate surface area is 171 Å². The molecule has 0 saturated heterocycles. The topological polar surface area (TPSA) is 64.6 Å². The summed E-state index contributed by atoms with van der Waals surface area (Å²) in [6, 6.07) is 5.71. The van der Waals surface area contributed by atoms with E-state index in [0.717, 1.165) is 44.4 Å². The van der Waals surface area contributed by atoms with Crippen molar-refractivity contribution in [3.05, 3.63) is 29.8 Å². The number of fused-ring (bicyclic) bond motifs is 3. The standard InChI is InChI=1S/C23H33NO4/c1-22(2,3)21(26)24-19(20(25)27-4)17-5-7-18(8-6-17)28-15-23-12-9-16(10-13-23)11-14-23/h5-8,16,19H,9-15H2,1-4H3,(H,24,26)/i15D2. The van der Waals surface area contributed by atoms with Crippen molar-refractivity contribution in [2.24, 2.45) is 16.7 Å². The van der Waals surface area contributed by atoms with Crippen LogP contribution in [0.3, 0.4) is 0 Å². The first kappa shape index (κ1) is 18.0. The van der Waals surface area contributed by atoms with Crippen LogP contribution >= 0.6 is 0 Å². The fraction of sp³-hybridized carbons (Fsp3) is 0.652. The van der Waals surface area contributed by atoms with E-state index in [9.17, 15) is 9.59 Å². The molecule has 0 aromatic heterocycles. The number of carbonyl (C=O) groups is 2. The lowest BCUT2D eigenvalue weighted by Gasteiger charge is -2.46. The summed E-state index contributed by atoms with van der Waals surface area (Å²) in [5.74, 6) is 0.341. The maximum atomic E-state index is 12.4. The molecule has 0 aliphatic heterocycles. The normalized spacial score (nSPS) is 26.6. The van der Waals surface area contributed by atoms with Crippen molar-refractivity contribution >= 4 is 11.9 Å². The van der Waals surface area contributed by atoms with E-state index in [1.165, 1.54) is 7.11 Å². The number of hydrogen-bond acceptors (Lipinski definition) is 4. The average Bonchev–Trinajstić information content (AvgIpc) is 2.72. The van der Waals surface area contributed by atoms with E-state index in [1.807, 2.05) is 0 Å². The third kappa shape index (κ3) is 4.68. The maximum Gasteiger partial charge on any atom is 0.333 e. The van der Waals surface area contributed by atoms with E-state index in [-0.39, 0.29) is 5.91 Å². The van der Waals surface area contributed by atoms with Crippen LogP contribution in [0.5, 0.6) is 5.75 Å². The lowest BCUT2D eigenvalue weighted by Crippen LogP contribution is -2.40. The molecule has 1 amide bonds. The van der Waals surface area contributed by atoms with Gasteiger partial charge in [-0.2, -0.15) is 0 Å². The summed E-state index contributed by atoms with van der Waals surface area (Å²) < 4.78 is 28.0. The van der Waals surface area contributed by atoms with Gasteiger partial charge in [0.25, 0.3) is 0 Å². The highest BCUT2D eigenvalue weighted by molar-refractivity contribution is 5.88. The Hall–Kier alpha value is -2.04. The Morgan fingerprint density at radius 2 is 1.75 bits per heavy atom. The SMILES string of the molecule is [2H]C([2H])(Oc1ccc(C(NC(=O)C(C)(C)C)C(=O)OC)cc1)C12CCC(CC1)CC2. The molecule has 1 unspecified atom stereocenters. The molecule has 3 fully saturated rings. The summed E-state index contributed by atoms with van der Waals surface area (Å²) in [5, 5.41) is 2.74. The van der Waals surface area contributed by atoms with E-state index < -0.39 is 29.4 Å². The molecule has 0 spiro atoms. The first-order valence-corrected chi connectivity index (χ1v) is 10.2. The largest absolute Gasteiger partial charge is 0.493 e. The molecule has 1 aromatic carbocycles. The number of rotatable bonds is 6. The summed E-state index contributed by atoms with van der Waals surface area (Å²) in [6.45, 7) is 3.57. The molecule has 5 heteroatoms. The summed E-state index contributed by atoms with van der Waals surface area (Å²) in [5.41, 5.74) is -0.511. The fourth-order valence-corrected chi connectivity index (χ4v) is 4.04. The highest BCUT2D eigenvalue weighted by Gasteiger charge is 2.40. The summed E-state index contributed by atoms with van der Waals surface area (Å²) in [6.07, 6.45) is 5.84. The molecule has 0 radical (unpaired) electrons. The highest BCUT2D eigenvalue weighted by atomic mass is 16.5. The van der Waals surface area contributed by atoms with Crippen molar-refractivity contribution in [3.63, 3.8) is 0 Å². The van der Waals surface area contributed by atoms with Gasteiger partial charge in [0.05, 0.1) is 16.4 Å². The number of carbonyl (C=O) groups excluding carboxylic acids is 2. The number of hydrogen-bond donors (Lipinski definition) is 1. The van der Waals surface area contributed by atoms with Crippen LogP contribution in [0.25, 0.3) is 0 Å². The Balaban J connectivity index is 1.75. The molecule has 2 bridgehead atoms. The molecule has 5 nitrogen and oxygen atoms in total. The zero-order valence-corrected chi connectivity index (χ0v) is 17.3. The Morgan fingerprint density at radius 1 is 1.18 bits per heavy atom. The molecule has 0 heterocycles. The summed E-state index contributed by atoms with van der Waals surface area (Å²) in [7, 11) is 1.28. The van der Waals surface area contributed by atoms with Gasteiger partial charge in [-0.05, 0) is 62.1 Å². The molecule has 3 aliphatic carbocycles. The monoisotopic (exact) mass is 389 g/mol. The lowest BCUT2D eigenvalue weighted by atomic mass is 9.61. The molecule has 1 atom stereocenters. The number of benzene rings is 1. The molecule has 1 aromatic rings. The van der Waals surface area contributed by atoms with E-state index in [4.69, 9.17) is 12.2 Å². The highest BCUT2D eigenvalue weighted by Crippen LogP contribution is 2.50. The van der Waals surface area contributed by atoms with E-state index in [1.54, 1.807) is 45.0 Å². The molecule has 154 valence electrons. The van der Waals surface area contributed by atoms with E-state index >= 15 is 0 Å². The number of methoxy groups -OCH3 is 1. The zero-order valence-electron chi connectivity index (χ0n) is 19.3. The van der Waals surface area contributed by atoms with Crippen LogP contribution < -0.4 is 10.1 Å². The van der Waals surface area contributed by atoms with Gasteiger partial charge in [-0.25, -0.2) is 4.79 Å². The number of ether oxygens (including phenoxy) is 2. The second kappa shape index (κ2) is 8.14. The molecule has 1 N–H and O–H groups in total. The molecular weight excluding hydrogens is 354 g/mol. The fourth-order valence-electron chi connectivity index (χ4n) is 4.04. The van der Waals surface area contributed by atoms with Gasteiger partial charge in [-0.1, -0.05) is 32.9 Å². The van der Waals surface area contributed by atoms with Gasteiger partial charge in [0.2, 0.25) is 5.91 Å². The van der Waals surface area contributed by atoms with Gasteiger partial charge >= 0.3 is 5.97 Å². The van der Waals surface area contributed by atoms with Crippen LogP contribution in [-0.2, 0) is 14.3 Å². The van der Waals surface area contributed by atoms with Crippen molar-refractivity contribution in [3.8, 4) is 5.75 Å². The average molecular weight is 390 g/mol. The van der Waals surface area contributed by atoms with Crippen LogP contribution in [-0.4, -0.2) is 25.5 Å². The molecule has 28 heavy (non-hydrogen) atoms. The minimum atomic E-state index is -1.75. The quantitative estimate of drug-likeness (QED) is 0.732. The second-order valence-electron chi connectivity index (χ2n) is 9.22. The van der Waals surface area contributed by atoms with Gasteiger partial charge in [0, 0.05) is 10.8 Å². The molecule has 4 rings (SSSR count). The first-order chi connectivity index (χ1) is 14.0. The Kier molecular flexibility index (Phi) is 5.24. The summed E-state index contributed by atoms with van der Waals surface area (Å²) in [4.78, 5) is 24.6. The first-order valence-electron chi connectivity index (χ1n) is 11.2. The van der Waals surface area contributed by atoms with Gasteiger partial charge in [-0.3, -0.25) is 4.79 Å². The van der Waals surface area contributed by atoms with Gasteiger partial charge in [0.15, 0.2) is 6.04 Å². The Morgan fingerprint density at radius 3 is 2.25 bits per heavy atom. The predicted octanol–water partition coefficient (Wildman–Crippen LogP) is 4.41. The van der Waals surface area contributed by atoms with Crippen molar-refractivity contribution in [1.29, 1.82) is 0 Å². The van der Waals surface area contributed by atoms with Crippen LogP contribution in [0.15, 0.2) is 24.3 Å². The van der Waals surface area contributed by atoms with Crippen molar-refractivity contribution < 1.29 is 21.8 Å². The van der Waals surface area contributed by atoms with Crippen LogP contribution in [0.2, 0.25) is 0 Å². The number of nitrogens with one attached hydrogen (secondary N) is 1. The summed E-state index contributed by atoms with van der Waals surface area (Å²) >= 11 is 0. The molecular formula is C23H33NO4. The zero-order chi connectivity index (χ0) is 22.2. The lowest BCUT2D eigenvalue weighted by molar-refractivity contribution is -0.146. The van der Waals surface area contributed by atoms with Crippen molar-refractivity contribution in [2.45, 2.75) is 65.3 Å². The van der Waals surface area contributed by atoms with Crippen LogP contribution in [0.4, 0.5) is 0 Å². The predicted molar refractivity (Wildman–Crippen MR) is 108 cm³/mol. The van der Waals surface area contributed by atoms with Crippen molar-refractivity contribution in [1.82, 2.24) is 5.32 Å². The number of esters is 1. The third-order valence-corrected chi connectivity index (χ3v) is 6.09. The van der Waals surface area contributed by atoms with Gasteiger partial charge in [-0.15, -0.1) is 0 Å². The number of amides is 1. The van der Waals surface area contributed by atoms with Crippen LogP contribution in [0, 0.1) is 16.7 Å². The van der Waals surface area contributed by atoms with Crippen LogP contribution in [0.1, 0.15) is 73.6 Å². The molecule has 3 saturated carbocycles. The van der Waals surface area contributed by atoms with Gasteiger partial charge in [0.1, 0.15) is 5.75 Å². The minimum absolute atomic E-state index is 0.262. The molecule has 3 aliphatic rings. The third-order valence-electron chi connectivity index (χ3n) is 6.09. The van der Waals surface area contributed by atoms with Gasteiger partial charge < -0.3 is 14.8 Å². The Bertz CT molecular complexity index is 764. The minimum Gasteiger partial charge on any atom is -0.493 e. The smallest absolute Gasteiger partial charge is 0.333 e. The van der Waals surface area contributed by atoms with E-state index in [0.29, 0.717) is 11.3 Å². The van der Waals surface area contributed by atoms with E-state index in [2.05, 4.69) is 5.32 Å². The second-order valence-corrected chi connectivity index (χ2v) is 9.22. The van der Waals surface area contributed by atoms with Crippen molar-refractivity contribution in [2.75, 3.05) is 13.7 Å². The maximum absolute atomic E-state index is 12.4.